The van der Waals surface area contributed by atoms with Crippen molar-refractivity contribution in [3.63, 3.8) is 0 Å². The second kappa shape index (κ2) is 7.60. The number of rotatable bonds is 5. The molecule has 0 aliphatic heterocycles. The Morgan fingerprint density at radius 3 is 2.59 bits per heavy atom. The van der Waals surface area contributed by atoms with Crippen LogP contribution in [0.5, 0.6) is 0 Å². The Hall–Kier alpha value is -2.54. The molecule has 2 aromatic heterocycles. The molecule has 3 rings (SSSR count). The molecule has 0 bridgehead atoms. The van der Waals surface area contributed by atoms with Gasteiger partial charge in [0.15, 0.2) is 0 Å². The van der Waals surface area contributed by atoms with E-state index in [4.69, 9.17) is 4.74 Å². The summed E-state index contributed by atoms with van der Waals surface area (Å²) in [4.78, 5) is 31.4. The van der Waals surface area contributed by atoms with Crippen LogP contribution in [0.4, 0.5) is 4.39 Å². The van der Waals surface area contributed by atoms with E-state index in [1.807, 2.05) is 20.8 Å². The standard InChI is InChI=1S/C20H21FN2O3S/c1-5-11(2)26-20(25)12(3)23-10-22-18-17(19(23)24)16(13(4)27-18)14-6-8-15(21)9-7-14/h6-12H,5H2,1-4H3/t11-,12+/m0/s1. The second-order valence-electron chi connectivity index (χ2n) is 6.51. The number of aryl methyl sites for hydroxylation is 1. The third-order valence-electron chi connectivity index (χ3n) is 4.60. The normalized spacial score (nSPS) is 13.5. The molecule has 5 nitrogen and oxygen atoms in total. The van der Waals surface area contributed by atoms with Crippen molar-refractivity contribution in [3.8, 4) is 11.1 Å². The van der Waals surface area contributed by atoms with E-state index in [1.54, 1.807) is 19.1 Å². The number of ether oxygens (including phenoxy) is 1. The van der Waals surface area contributed by atoms with Gasteiger partial charge in [0.05, 0.1) is 17.8 Å². The summed E-state index contributed by atoms with van der Waals surface area (Å²) in [5, 5.41) is 0.440. The monoisotopic (exact) mass is 388 g/mol. The molecule has 2 heterocycles. The Balaban J connectivity index is 2.11. The van der Waals surface area contributed by atoms with E-state index in [0.29, 0.717) is 16.6 Å². The first-order valence-electron chi connectivity index (χ1n) is 8.80. The molecule has 1 aromatic carbocycles. The van der Waals surface area contributed by atoms with Gasteiger partial charge in [-0.05, 0) is 44.9 Å². The summed E-state index contributed by atoms with van der Waals surface area (Å²) >= 11 is 1.40. The van der Waals surface area contributed by atoms with Crippen LogP contribution in [-0.2, 0) is 9.53 Å². The minimum absolute atomic E-state index is 0.217. The maximum absolute atomic E-state index is 13.3. The lowest BCUT2D eigenvalue weighted by atomic mass is 10.0. The van der Waals surface area contributed by atoms with E-state index in [9.17, 15) is 14.0 Å². The molecule has 2 atom stereocenters. The molecule has 0 radical (unpaired) electrons. The molecule has 0 aliphatic rings. The van der Waals surface area contributed by atoms with E-state index in [-0.39, 0.29) is 17.5 Å². The smallest absolute Gasteiger partial charge is 0.329 e. The van der Waals surface area contributed by atoms with Gasteiger partial charge in [0, 0.05) is 10.4 Å². The number of carbonyl (C=O) groups excluding carboxylic acids is 1. The van der Waals surface area contributed by atoms with Crippen LogP contribution in [0.3, 0.4) is 0 Å². The zero-order valence-corrected chi connectivity index (χ0v) is 16.5. The highest BCUT2D eigenvalue weighted by molar-refractivity contribution is 7.19. The first-order chi connectivity index (χ1) is 12.8. The lowest BCUT2D eigenvalue weighted by Crippen LogP contribution is -2.31. The number of benzene rings is 1. The lowest BCUT2D eigenvalue weighted by Gasteiger charge is -2.17. The van der Waals surface area contributed by atoms with Crippen LogP contribution in [0.2, 0.25) is 0 Å². The first-order valence-corrected chi connectivity index (χ1v) is 9.61. The highest BCUT2D eigenvalue weighted by Crippen LogP contribution is 2.35. The number of hydrogen-bond acceptors (Lipinski definition) is 5. The zero-order chi connectivity index (χ0) is 19.7. The molecule has 0 saturated carbocycles. The lowest BCUT2D eigenvalue weighted by molar-refractivity contribution is -0.152. The summed E-state index contributed by atoms with van der Waals surface area (Å²) in [6.07, 6.45) is 1.87. The zero-order valence-electron chi connectivity index (χ0n) is 15.7. The Morgan fingerprint density at radius 1 is 1.30 bits per heavy atom. The summed E-state index contributed by atoms with van der Waals surface area (Å²) in [5.74, 6) is -0.809. The summed E-state index contributed by atoms with van der Waals surface area (Å²) in [5.41, 5.74) is 1.16. The highest BCUT2D eigenvalue weighted by Gasteiger charge is 2.23. The molecule has 0 fully saturated rings. The molecule has 0 spiro atoms. The number of hydrogen-bond donors (Lipinski definition) is 0. The first kappa shape index (κ1) is 19.2. The minimum atomic E-state index is -0.787. The maximum atomic E-state index is 13.3. The van der Waals surface area contributed by atoms with Gasteiger partial charge in [-0.15, -0.1) is 11.3 Å². The number of esters is 1. The molecule has 0 unspecified atom stereocenters. The SMILES string of the molecule is CC[C@H](C)OC(=O)[C@@H](C)n1cnc2sc(C)c(-c3ccc(F)cc3)c2c1=O. The molecule has 7 heteroatoms. The van der Waals surface area contributed by atoms with Crippen LogP contribution < -0.4 is 5.56 Å². The number of fused-ring (bicyclic) bond motifs is 1. The Kier molecular flexibility index (Phi) is 5.41. The van der Waals surface area contributed by atoms with Gasteiger partial charge in [0.1, 0.15) is 16.7 Å². The third kappa shape index (κ3) is 3.64. The molecule has 0 amide bonds. The molecule has 27 heavy (non-hydrogen) atoms. The third-order valence-corrected chi connectivity index (χ3v) is 5.61. The highest BCUT2D eigenvalue weighted by atomic mass is 32.1. The van der Waals surface area contributed by atoms with Gasteiger partial charge in [0.25, 0.3) is 5.56 Å². The predicted octanol–water partition coefficient (Wildman–Crippen LogP) is 4.48. The number of carbonyl (C=O) groups is 1. The van der Waals surface area contributed by atoms with Crippen molar-refractivity contribution in [2.45, 2.75) is 46.3 Å². The fraction of sp³-hybridized carbons (Fsp3) is 0.350. The van der Waals surface area contributed by atoms with Crippen LogP contribution in [0.15, 0.2) is 35.4 Å². The van der Waals surface area contributed by atoms with Gasteiger partial charge in [0.2, 0.25) is 0 Å². The van der Waals surface area contributed by atoms with E-state index >= 15 is 0 Å². The predicted molar refractivity (Wildman–Crippen MR) is 105 cm³/mol. The van der Waals surface area contributed by atoms with Crippen molar-refractivity contribution in [1.82, 2.24) is 9.55 Å². The van der Waals surface area contributed by atoms with Gasteiger partial charge in [-0.3, -0.25) is 9.36 Å². The fourth-order valence-electron chi connectivity index (χ4n) is 2.85. The second-order valence-corrected chi connectivity index (χ2v) is 7.71. The van der Waals surface area contributed by atoms with Crippen molar-refractivity contribution in [2.24, 2.45) is 0 Å². The van der Waals surface area contributed by atoms with Crippen LogP contribution >= 0.6 is 11.3 Å². The average Bonchev–Trinajstić information content (AvgIpc) is 2.99. The summed E-state index contributed by atoms with van der Waals surface area (Å²) in [6.45, 7) is 7.25. The molecule has 3 aromatic rings. The van der Waals surface area contributed by atoms with Crippen LogP contribution in [0, 0.1) is 12.7 Å². The summed E-state index contributed by atoms with van der Waals surface area (Å²) < 4.78 is 19.9. The number of nitrogens with zero attached hydrogens (tertiary/aromatic N) is 2. The summed E-state index contributed by atoms with van der Waals surface area (Å²) in [6, 6.07) is 5.21. The van der Waals surface area contributed by atoms with Crippen molar-refractivity contribution < 1.29 is 13.9 Å². The van der Waals surface area contributed by atoms with Crippen LogP contribution in [0.25, 0.3) is 21.3 Å². The molecule has 0 aliphatic carbocycles. The largest absolute Gasteiger partial charge is 0.461 e. The molecule has 0 saturated heterocycles. The Bertz CT molecular complexity index is 1040. The van der Waals surface area contributed by atoms with Gasteiger partial charge in [-0.2, -0.15) is 0 Å². The van der Waals surface area contributed by atoms with E-state index in [0.717, 1.165) is 16.0 Å². The topological polar surface area (TPSA) is 61.2 Å². The Morgan fingerprint density at radius 2 is 1.96 bits per heavy atom. The van der Waals surface area contributed by atoms with Gasteiger partial charge >= 0.3 is 5.97 Å². The molecule has 142 valence electrons. The minimum Gasteiger partial charge on any atom is -0.461 e. The van der Waals surface area contributed by atoms with E-state index in [1.165, 1.54) is 34.4 Å². The molecular formula is C20H21FN2O3S. The quantitative estimate of drug-likeness (QED) is 0.605. The van der Waals surface area contributed by atoms with Crippen molar-refractivity contribution in [2.75, 3.05) is 0 Å². The fourth-order valence-corrected chi connectivity index (χ4v) is 3.85. The Labute approximate surface area is 160 Å². The number of halogens is 1. The molecule has 0 N–H and O–H groups in total. The summed E-state index contributed by atoms with van der Waals surface area (Å²) in [7, 11) is 0. The van der Waals surface area contributed by atoms with Crippen molar-refractivity contribution in [1.29, 1.82) is 0 Å². The maximum Gasteiger partial charge on any atom is 0.329 e. The number of thiophene rings is 1. The number of aromatic nitrogens is 2. The van der Waals surface area contributed by atoms with Crippen molar-refractivity contribution in [3.05, 3.63) is 51.6 Å². The van der Waals surface area contributed by atoms with Gasteiger partial charge in [-0.25, -0.2) is 14.2 Å². The van der Waals surface area contributed by atoms with Crippen molar-refractivity contribution >= 4 is 27.5 Å². The van der Waals surface area contributed by atoms with Gasteiger partial charge in [-0.1, -0.05) is 19.1 Å². The van der Waals surface area contributed by atoms with Gasteiger partial charge < -0.3 is 4.74 Å². The van der Waals surface area contributed by atoms with E-state index < -0.39 is 12.0 Å². The van der Waals surface area contributed by atoms with E-state index in [2.05, 4.69) is 4.98 Å². The average molecular weight is 388 g/mol. The molecular weight excluding hydrogens is 367 g/mol. The van der Waals surface area contributed by atoms with Crippen LogP contribution in [0.1, 0.15) is 38.1 Å². The van der Waals surface area contributed by atoms with Crippen LogP contribution in [-0.4, -0.2) is 21.6 Å².